The summed E-state index contributed by atoms with van der Waals surface area (Å²) in [5, 5.41) is 3.85. The average Bonchev–Trinajstić information content (AvgIpc) is 2.33. The van der Waals surface area contributed by atoms with Crippen molar-refractivity contribution in [2.75, 3.05) is 5.32 Å². The Morgan fingerprint density at radius 1 is 1.22 bits per heavy atom. The van der Waals surface area contributed by atoms with E-state index >= 15 is 0 Å². The highest BCUT2D eigenvalue weighted by Crippen LogP contribution is 2.24. The lowest BCUT2D eigenvalue weighted by Gasteiger charge is -2.11. The van der Waals surface area contributed by atoms with Crippen molar-refractivity contribution in [3.63, 3.8) is 0 Å². The molecular weight excluding hydrogens is 312 g/mol. The van der Waals surface area contributed by atoms with Gasteiger partial charge in [-0.1, -0.05) is 39.7 Å². The molecule has 0 spiro atoms. The highest BCUT2D eigenvalue weighted by atomic mass is 79.9. The first-order valence-electron chi connectivity index (χ1n) is 5.68. The molecule has 1 aromatic heterocycles. The maximum Gasteiger partial charge on any atom is 0.152 e. The fourth-order valence-electron chi connectivity index (χ4n) is 1.74. The Morgan fingerprint density at radius 3 is 2.67 bits per heavy atom. The second-order valence-corrected chi connectivity index (χ2v) is 5.44. The SMILES string of the molecule is Cc1cc(CNc2c(C)ccnc2Cl)ccc1Br. The van der Waals surface area contributed by atoms with Gasteiger partial charge in [0.2, 0.25) is 0 Å². The number of anilines is 1. The Bertz CT molecular complexity index is 549. The standard InChI is InChI=1S/C14H14BrClN2/c1-9-5-6-17-14(16)13(9)18-8-11-3-4-12(15)10(2)7-11/h3-7,18H,8H2,1-2H3. The van der Waals surface area contributed by atoms with E-state index in [0.29, 0.717) is 5.15 Å². The molecule has 0 aliphatic rings. The van der Waals surface area contributed by atoms with E-state index in [2.05, 4.69) is 51.4 Å². The Hall–Kier alpha value is -1.06. The summed E-state index contributed by atoms with van der Waals surface area (Å²) >= 11 is 9.57. The van der Waals surface area contributed by atoms with Gasteiger partial charge >= 0.3 is 0 Å². The molecule has 4 heteroatoms. The zero-order valence-corrected chi connectivity index (χ0v) is 12.6. The Morgan fingerprint density at radius 2 is 2.00 bits per heavy atom. The van der Waals surface area contributed by atoms with Crippen molar-refractivity contribution in [3.8, 4) is 0 Å². The normalized spacial score (nSPS) is 10.4. The summed E-state index contributed by atoms with van der Waals surface area (Å²) in [6.45, 7) is 4.83. The van der Waals surface area contributed by atoms with Gasteiger partial charge in [-0.25, -0.2) is 4.98 Å². The van der Waals surface area contributed by atoms with Crippen molar-refractivity contribution in [1.29, 1.82) is 0 Å². The van der Waals surface area contributed by atoms with Crippen molar-refractivity contribution in [3.05, 3.63) is 56.8 Å². The first-order valence-corrected chi connectivity index (χ1v) is 6.85. The van der Waals surface area contributed by atoms with E-state index in [1.54, 1.807) is 6.20 Å². The zero-order chi connectivity index (χ0) is 13.1. The van der Waals surface area contributed by atoms with Crippen LogP contribution in [-0.2, 0) is 6.54 Å². The fourth-order valence-corrected chi connectivity index (χ4v) is 2.26. The van der Waals surface area contributed by atoms with Crippen LogP contribution in [0, 0.1) is 13.8 Å². The highest BCUT2D eigenvalue weighted by Gasteiger charge is 2.04. The maximum atomic E-state index is 6.07. The number of hydrogen-bond donors (Lipinski definition) is 1. The van der Waals surface area contributed by atoms with Gasteiger partial charge in [-0.15, -0.1) is 0 Å². The Kier molecular flexibility index (Phi) is 4.25. The van der Waals surface area contributed by atoms with Crippen LogP contribution in [0.25, 0.3) is 0 Å². The monoisotopic (exact) mass is 324 g/mol. The third-order valence-corrected chi connectivity index (χ3v) is 3.98. The molecule has 2 nitrogen and oxygen atoms in total. The van der Waals surface area contributed by atoms with Crippen LogP contribution >= 0.6 is 27.5 Å². The summed E-state index contributed by atoms with van der Waals surface area (Å²) in [5.41, 5.74) is 4.45. The number of halogens is 2. The smallest absolute Gasteiger partial charge is 0.152 e. The second kappa shape index (κ2) is 5.72. The fraction of sp³-hybridized carbons (Fsp3) is 0.214. The molecule has 1 N–H and O–H groups in total. The van der Waals surface area contributed by atoms with Gasteiger partial charge < -0.3 is 5.32 Å². The molecule has 18 heavy (non-hydrogen) atoms. The number of nitrogens with zero attached hydrogens (tertiary/aromatic N) is 1. The van der Waals surface area contributed by atoms with E-state index in [0.717, 1.165) is 22.3 Å². The summed E-state index contributed by atoms with van der Waals surface area (Å²) in [4.78, 5) is 4.08. The Labute approximate surface area is 121 Å². The average molecular weight is 326 g/mol. The predicted molar refractivity (Wildman–Crippen MR) is 80.2 cm³/mol. The molecule has 1 heterocycles. The minimum Gasteiger partial charge on any atom is -0.378 e. The van der Waals surface area contributed by atoms with Crippen LogP contribution in [0.15, 0.2) is 34.9 Å². The van der Waals surface area contributed by atoms with E-state index in [1.807, 2.05) is 13.0 Å². The number of benzene rings is 1. The molecule has 0 aliphatic heterocycles. The molecule has 0 saturated heterocycles. The van der Waals surface area contributed by atoms with Crippen LogP contribution in [0.2, 0.25) is 5.15 Å². The lowest BCUT2D eigenvalue weighted by molar-refractivity contribution is 1.12. The maximum absolute atomic E-state index is 6.07. The molecule has 0 saturated carbocycles. The Balaban J connectivity index is 2.14. The highest BCUT2D eigenvalue weighted by molar-refractivity contribution is 9.10. The van der Waals surface area contributed by atoms with Crippen LogP contribution in [-0.4, -0.2) is 4.98 Å². The number of nitrogens with one attached hydrogen (secondary N) is 1. The number of aromatic nitrogens is 1. The van der Waals surface area contributed by atoms with Crippen molar-refractivity contribution in [2.45, 2.75) is 20.4 Å². The zero-order valence-electron chi connectivity index (χ0n) is 10.3. The summed E-state index contributed by atoms with van der Waals surface area (Å²) in [6, 6.07) is 8.24. The summed E-state index contributed by atoms with van der Waals surface area (Å²) in [7, 11) is 0. The van der Waals surface area contributed by atoms with Crippen molar-refractivity contribution in [1.82, 2.24) is 4.98 Å². The van der Waals surface area contributed by atoms with Gasteiger partial charge in [-0.05, 0) is 42.7 Å². The molecule has 0 aliphatic carbocycles. The van der Waals surface area contributed by atoms with Gasteiger partial charge in [-0.3, -0.25) is 0 Å². The third-order valence-electron chi connectivity index (χ3n) is 2.80. The van der Waals surface area contributed by atoms with Crippen LogP contribution in [0.4, 0.5) is 5.69 Å². The van der Waals surface area contributed by atoms with Crippen LogP contribution in [0.3, 0.4) is 0 Å². The molecule has 0 unspecified atom stereocenters. The molecule has 2 rings (SSSR count). The molecule has 1 aromatic carbocycles. The van der Waals surface area contributed by atoms with Gasteiger partial charge in [0.15, 0.2) is 5.15 Å². The molecule has 0 atom stereocenters. The van der Waals surface area contributed by atoms with E-state index in [-0.39, 0.29) is 0 Å². The predicted octanol–water partition coefficient (Wildman–Crippen LogP) is 4.73. The van der Waals surface area contributed by atoms with Crippen LogP contribution in [0.1, 0.15) is 16.7 Å². The van der Waals surface area contributed by atoms with Gasteiger partial charge in [-0.2, -0.15) is 0 Å². The molecule has 0 bridgehead atoms. The van der Waals surface area contributed by atoms with E-state index in [9.17, 15) is 0 Å². The van der Waals surface area contributed by atoms with Crippen molar-refractivity contribution >= 4 is 33.2 Å². The first kappa shape index (κ1) is 13.4. The molecule has 2 aromatic rings. The summed E-state index contributed by atoms with van der Waals surface area (Å²) in [5.74, 6) is 0. The van der Waals surface area contributed by atoms with Crippen molar-refractivity contribution in [2.24, 2.45) is 0 Å². The van der Waals surface area contributed by atoms with E-state index < -0.39 is 0 Å². The quantitative estimate of drug-likeness (QED) is 0.825. The molecule has 94 valence electrons. The lowest BCUT2D eigenvalue weighted by Crippen LogP contribution is -2.02. The minimum atomic E-state index is 0.517. The lowest BCUT2D eigenvalue weighted by atomic mass is 10.1. The number of pyridine rings is 1. The van der Waals surface area contributed by atoms with E-state index in [4.69, 9.17) is 11.6 Å². The molecule has 0 radical (unpaired) electrons. The molecular formula is C14H14BrClN2. The number of hydrogen-bond acceptors (Lipinski definition) is 2. The van der Waals surface area contributed by atoms with Gasteiger partial charge in [0, 0.05) is 17.2 Å². The number of aryl methyl sites for hydroxylation is 2. The largest absolute Gasteiger partial charge is 0.378 e. The van der Waals surface area contributed by atoms with E-state index in [1.165, 1.54) is 11.1 Å². The van der Waals surface area contributed by atoms with Gasteiger partial charge in [0.1, 0.15) is 0 Å². The van der Waals surface area contributed by atoms with Crippen molar-refractivity contribution < 1.29 is 0 Å². The molecule has 0 amide bonds. The second-order valence-electron chi connectivity index (χ2n) is 4.23. The van der Waals surface area contributed by atoms with Gasteiger partial charge in [0.25, 0.3) is 0 Å². The topological polar surface area (TPSA) is 24.9 Å². The summed E-state index contributed by atoms with van der Waals surface area (Å²) < 4.78 is 1.13. The van der Waals surface area contributed by atoms with Crippen LogP contribution in [0.5, 0.6) is 0 Å². The number of rotatable bonds is 3. The first-order chi connectivity index (χ1) is 8.58. The minimum absolute atomic E-state index is 0.517. The molecule has 0 fully saturated rings. The van der Waals surface area contributed by atoms with Crippen LogP contribution < -0.4 is 5.32 Å². The third kappa shape index (κ3) is 3.03. The summed E-state index contributed by atoms with van der Waals surface area (Å²) in [6.07, 6.45) is 1.71. The van der Waals surface area contributed by atoms with Gasteiger partial charge in [0.05, 0.1) is 5.69 Å².